The number of Topliss-reactive ketones (excluding diaryl/α,β-unsaturated/α-hetero) is 1. The highest BCUT2D eigenvalue weighted by molar-refractivity contribution is 5.94. The van der Waals surface area contributed by atoms with E-state index < -0.39 is 0 Å². The van der Waals surface area contributed by atoms with Gasteiger partial charge in [-0.25, -0.2) is 4.57 Å². The van der Waals surface area contributed by atoms with Gasteiger partial charge in [0.1, 0.15) is 5.75 Å². The summed E-state index contributed by atoms with van der Waals surface area (Å²) in [7, 11) is 1.65. The Kier molecular flexibility index (Phi) is 5.24. The standard InChI is InChI=1S/C22H22NO2/c1-17(24)20-8-9-22(25-2)21(15-20)16-23-12-10-19(11-13-23)14-18-6-4-3-5-7-18/h3-13,15H,14,16H2,1-2H3/q+1. The number of ketones is 1. The number of pyridine rings is 1. The largest absolute Gasteiger partial charge is 0.496 e. The average Bonchev–Trinajstić information content (AvgIpc) is 2.64. The van der Waals surface area contributed by atoms with Crippen LogP contribution in [0.25, 0.3) is 0 Å². The molecular weight excluding hydrogens is 310 g/mol. The van der Waals surface area contributed by atoms with Gasteiger partial charge in [0, 0.05) is 17.7 Å². The van der Waals surface area contributed by atoms with E-state index >= 15 is 0 Å². The van der Waals surface area contributed by atoms with Gasteiger partial charge in [0.2, 0.25) is 0 Å². The predicted octanol–water partition coefficient (Wildman–Crippen LogP) is 3.82. The maximum Gasteiger partial charge on any atom is 0.177 e. The van der Waals surface area contributed by atoms with E-state index in [9.17, 15) is 4.79 Å². The van der Waals surface area contributed by atoms with Gasteiger partial charge < -0.3 is 4.74 Å². The van der Waals surface area contributed by atoms with Gasteiger partial charge >= 0.3 is 0 Å². The van der Waals surface area contributed by atoms with Crippen LogP contribution in [0.4, 0.5) is 0 Å². The summed E-state index contributed by atoms with van der Waals surface area (Å²) >= 11 is 0. The van der Waals surface area contributed by atoms with Crippen LogP contribution in [0.3, 0.4) is 0 Å². The molecule has 0 aliphatic heterocycles. The Morgan fingerprint density at radius 2 is 1.64 bits per heavy atom. The topological polar surface area (TPSA) is 30.2 Å². The summed E-state index contributed by atoms with van der Waals surface area (Å²) in [6.45, 7) is 2.24. The normalized spacial score (nSPS) is 10.5. The second-order valence-electron chi connectivity index (χ2n) is 6.12. The fourth-order valence-electron chi connectivity index (χ4n) is 2.86. The third-order valence-electron chi connectivity index (χ3n) is 4.25. The molecule has 0 radical (unpaired) electrons. The molecule has 25 heavy (non-hydrogen) atoms. The zero-order chi connectivity index (χ0) is 17.6. The van der Waals surface area contributed by atoms with Crippen LogP contribution >= 0.6 is 0 Å². The number of carbonyl (C=O) groups excluding carboxylic acids is 1. The Hall–Kier alpha value is -2.94. The molecule has 2 aromatic carbocycles. The molecule has 3 rings (SSSR count). The lowest BCUT2D eigenvalue weighted by Gasteiger charge is -2.08. The molecule has 0 saturated carbocycles. The zero-order valence-corrected chi connectivity index (χ0v) is 14.6. The van der Waals surface area contributed by atoms with E-state index in [0.717, 1.165) is 17.7 Å². The van der Waals surface area contributed by atoms with Gasteiger partial charge in [-0.1, -0.05) is 30.3 Å². The summed E-state index contributed by atoms with van der Waals surface area (Å²) in [5.74, 6) is 0.859. The number of benzene rings is 2. The Balaban J connectivity index is 1.77. The van der Waals surface area contributed by atoms with Crippen molar-refractivity contribution in [3.63, 3.8) is 0 Å². The highest BCUT2D eigenvalue weighted by Gasteiger charge is 2.12. The Morgan fingerprint density at radius 1 is 0.960 bits per heavy atom. The van der Waals surface area contributed by atoms with E-state index in [1.54, 1.807) is 20.1 Å². The Labute approximate surface area is 148 Å². The summed E-state index contributed by atoms with van der Waals surface area (Å²) in [6, 6.07) is 20.3. The predicted molar refractivity (Wildman–Crippen MR) is 98.0 cm³/mol. The zero-order valence-electron chi connectivity index (χ0n) is 14.6. The van der Waals surface area contributed by atoms with Gasteiger partial charge in [-0.15, -0.1) is 0 Å². The number of methoxy groups -OCH3 is 1. The van der Waals surface area contributed by atoms with Crippen LogP contribution < -0.4 is 9.30 Å². The minimum Gasteiger partial charge on any atom is -0.496 e. The molecule has 0 fully saturated rings. The average molecular weight is 332 g/mol. The number of hydrogen-bond acceptors (Lipinski definition) is 2. The third-order valence-corrected chi connectivity index (χ3v) is 4.25. The first kappa shape index (κ1) is 16.9. The molecule has 0 saturated heterocycles. The molecule has 0 N–H and O–H groups in total. The first-order valence-electron chi connectivity index (χ1n) is 8.35. The molecule has 3 heteroatoms. The Bertz CT molecular complexity index is 855. The molecule has 1 aromatic heterocycles. The van der Waals surface area contributed by atoms with E-state index in [2.05, 4.69) is 53.4 Å². The van der Waals surface area contributed by atoms with Gasteiger partial charge in [0.25, 0.3) is 0 Å². The van der Waals surface area contributed by atoms with Crippen LogP contribution in [0.1, 0.15) is 34.0 Å². The number of rotatable bonds is 6. The third kappa shape index (κ3) is 4.32. The van der Waals surface area contributed by atoms with Crippen LogP contribution in [-0.2, 0) is 13.0 Å². The molecule has 0 bridgehead atoms. The molecule has 0 atom stereocenters. The van der Waals surface area contributed by atoms with Crippen molar-refractivity contribution in [2.45, 2.75) is 19.9 Å². The maximum absolute atomic E-state index is 11.6. The van der Waals surface area contributed by atoms with E-state index in [-0.39, 0.29) is 5.78 Å². The first-order valence-corrected chi connectivity index (χ1v) is 8.35. The quantitative estimate of drug-likeness (QED) is 0.507. The summed E-state index contributed by atoms with van der Waals surface area (Å²) in [4.78, 5) is 11.6. The van der Waals surface area contributed by atoms with Crippen molar-refractivity contribution in [3.8, 4) is 5.75 Å². The summed E-state index contributed by atoms with van der Waals surface area (Å²) in [5, 5.41) is 0. The van der Waals surface area contributed by atoms with Crippen LogP contribution in [0.5, 0.6) is 5.75 Å². The number of carbonyl (C=O) groups is 1. The van der Waals surface area contributed by atoms with Crippen molar-refractivity contribution >= 4 is 5.78 Å². The fraction of sp³-hybridized carbons (Fsp3) is 0.182. The molecule has 0 spiro atoms. The number of nitrogens with zero attached hydrogens (tertiary/aromatic N) is 1. The lowest BCUT2D eigenvalue weighted by atomic mass is 10.1. The van der Waals surface area contributed by atoms with E-state index in [1.165, 1.54) is 11.1 Å². The minimum absolute atomic E-state index is 0.0621. The molecule has 0 aliphatic carbocycles. The summed E-state index contributed by atoms with van der Waals surface area (Å²) in [5.41, 5.74) is 4.27. The van der Waals surface area contributed by atoms with Crippen molar-refractivity contribution < 1.29 is 14.1 Å². The molecule has 3 nitrogen and oxygen atoms in total. The number of ether oxygens (including phenoxy) is 1. The van der Waals surface area contributed by atoms with E-state index in [4.69, 9.17) is 4.74 Å². The van der Waals surface area contributed by atoms with Crippen LogP contribution in [-0.4, -0.2) is 12.9 Å². The number of hydrogen-bond donors (Lipinski definition) is 0. The maximum atomic E-state index is 11.6. The molecule has 3 aromatic rings. The van der Waals surface area contributed by atoms with Gasteiger partial charge in [-0.05, 0) is 42.7 Å². The molecule has 126 valence electrons. The molecule has 0 aliphatic rings. The fourth-order valence-corrected chi connectivity index (χ4v) is 2.86. The van der Waals surface area contributed by atoms with Crippen molar-refractivity contribution in [2.24, 2.45) is 0 Å². The lowest BCUT2D eigenvalue weighted by molar-refractivity contribution is -0.688. The first-order chi connectivity index (χ1) is 12.2. The van der Waals surface area contributed by atoms with E-state index in [0.29, 0.717) is 12.1 Å². The minimum atomic E-state index is 0.0621. The van der Waals surface area contributed by atoms with Crippen LogP contribution in [0, 0.1) is 0 Å². The monoisotopic (exact) mass is 332 g/mol. The van der Waals surface area contributed by atoms with Gasteiger partial charge in [0.15, 0.2) is 24.7 Å². The second-order valence-corrected chi connectivity index (χ2v) is 6.12. The molecule has 0 unspecified atom stereocenters. The number of aromatic nitrogens is 1. The highest BCUT2D eigenvalue weighted by atomic mass is 16.5. The summed E-state index contributed by atoms with van der Waals surface area (Å²) in [6.07, 6.45) is 5.06. The van der Waals surface area contributed by atoms with E-state index in [1.807, 2.05) is 18.2 Å². The lowest BCUT2D eigenvalue weighted by Crippen LogP contribution is -2.33. The van der Waals surface area contributed by atoms with Crippen molar-refractivity contribution in [1.82, 2.24) is 0 Å². The van der Waals surface area contributed by atoms with Crippen molar-refractivity contribution in [1.29, 1.82) is 0 Å². The smallest absolute Gasteiger partial charge is 0.177 e. The van der Waals surface area contributed by atoms with Crippen LogP contribution in [0.15, 0.2) is 73.1 Å². The highest BCUT2D eigenvalue weighted by Crippen LogP contribution is 2.20. The molecule has 0 amide bonds. The van der Waals surface area contributed by atoms with Gasteiger partial charge in [-0.3, -0.25) is 4.79 Å². The van der Waals surface area contributed by atoms with Gasteiger partial charge in [-0.2, -0.15) is 0 Å². The Morgan fingerprint density at radius 3 is 2.28 bits per heavy atom. The molecule has 1 heterocycles. The second kappa shape index (κ2) is 7.75. The molecular formula is C22H22NO2+. The van der Waals surface area contributed by atoms with Gasteiger partial charge in [0.05, 0.1) is 12.7 Å². The summed E-state index contributed by atoms with van der Waals surface area (Å²) < 4.78 is 7.52. The van der Waals surface area contributed by atoms with Crippen molar-refractivity contribution in [3.05, 3.63) is 95.3 Å². The SMILES string of the molecule is COc1ccc(C(C)=O)cc1C[n+]1ccc(Cc2ccccc2)cc1. The van der Waals surface area contributed by atoms with Crippen molar-refractivity contribution in [2.75, 3.05) is 7.11 Å². The van der Waals surface area contributed by atoms with Crippen LogP contribution in [0.2, 0.25) is 0 Å².